The highest BCUT2D eigenvalue weighted by molar-refractivity contribution is 6.06. The number of benzene rings is 1. The van der Waals surface area contributed by atoms with Crippen LogP contribution in [0.25, 0.3) is 21.9 Å². The molecule has 3 rings (SSSR count). The monoisotopic (exact) mass is 240 g/mol. The SMILES string of the molecule is Cn1c2ccccc2c2cc(CCCO)cnc21. The number of hydrogen-bond acceptors (Lipinski definition) is 2. The minimum Gasteiger partial charge on any atom is -0.396 e. The van der Waals surface area contributed by atoms with Crippen molar-refractivity contribution < 1.29 is 5.11 Å². The number of aromatic nitrogens is 2. The molecule has 0 atom stereocenters. The molecule has 0 saturated heterocycles. The lowest BCUT2D eigenvalue weighted by Crippen LogP contribution is -1.93. The molecule has 3 aromatic rings. The van der Waals surface area contributed by atoms with E-state index in [1.54, 1.807) is 0 Å². The second kappa shape index (κ2) is 4.42. The van der Waals surface area contributed by atoms with Gasteiger partial charge in [0.1, 0.15) is 5.65 Å². The van der Waals surface area contributed by atoms with E-state index in [1.807, 2.05) is 19.3 Å². The van der Waals surface area contributed by atoms with Crippen LogP contribution in [-0.2, 0) is 13.5 Å². The Morgan fingerprint density at radius 1 is 1.22 bits per heavy atom. The molecule has 1 aromatic carbocycles. The van der Waals surface area contributed by atoms with E-state index in [4.69, 9.17) is 5.11 Å². The Morgan fingerprint density at radius 3 is 2.89 bits per heavy atom. The standard InChI is InChI=1S/C15H16N2O/c1-17-14-7-3-2-6-12(14)13-9-11(5-4-8-18)10-16-15(13)17/h2-3,6-7,9-10,18H,4-5,8H2,1H3. The van der Waals surface area contributed by atoms with Crippen LogP contribution in [-0.4, -0.2) is 21.3 Å². The van der Waals surface area contributed by atoms with E-state index < -0.39 is 0 Å². The van der Waals surface area contributed by atoms with Crippen LogP contribution in [0.15, 0.2) is 36.5 Å². The lowest BCUT2D eigenvalue weighted by molar-refractivity contribution is 0.288. The van der Waals surface area contributed by atoms with Crippen LogP contribution in [0, 0.1) is 0 Å². The van der Waals surface area contributed by atoms with Gasteiger partial charge in [-0.15, -0.1) is 0 Å². The molecule has 18 heavy (non-hydrogen) atoms. The fourth-order valence-electron chi connectivity index (χ4n) is 2.49. The zero-order valence-corrected chi connectivity index (χ0v) is 10.4. The molecule has 0 saturated carbocycles. The first-order valence-electron chi connectivity index (χ1n) is 6.24. The quantitative estimate of drug-likeness (QED) is 0.764. The minimum absolute atomic E-state index is 0.230. The summed E-state index contributed by atoms with van der Waals surface area (Å²) in [6.07, 6.45) is 3.58. The zero-order chi connectivity index (χ0) is 12.5. The summed E-state index contributed by atoms with van der Waals surface area (Å²) in [7, 11) is 2.05. The molecule has 0 aliphatic heterocycles. The summed E-state index contributed by atoms with van der Waals surface area (Å²) in [6, 6.07) is 10.6. The first-order chi connectivity index (χ1) is 8.81. The molecule has 2 aromatic heterocycles. The summed E-state index contributed by atoms with van der Waals surface area (Å²) in [5, 5.41) is 11.3. The molecule has 0 aliphatic carbocycles. The summed E-state index contributed by atoms with van der Waals surface area (Å²) in [4.78, 5) is 4.55. The van der Waals surface area contributed by atoms with Gasteiger partial charge in [-0.1, -0.05) is 18.2 Å². The molecule has 0 unspecified atom stereocenters. The molecule has 0 spiro atoms. The number of rotatable bonds is 3. The Bertz CT molecular complexity index is 700. The van der Waals surface area contributed by atoms with Gasteiger partial charge in [-0.3, -0.25) is 0 Å². The summed E-state index contributed by atoms with van der Waals surface area (Å²) in [6.45, 7) is 0.230. The molecule has 0 aliphatic rings. The van der Waals surface area contributed by atoms with Gasteiger partial charge in [-0.2, -0.15) is 0 Å². The lowest BCUT2D eigenvalue weighted by Gasteiger charge is -2.00. The van der Waals surface area contributed by atoms with Crippen molar-refractivity contribution in [1.82, 2.24) is 9.55 Å². The van der Waals surface area contributed by atoms with E-state index in [1.165, 1.54) is 21.9 Å². The van der Waals surface area contributed by atoms with Gasteiger partial charge in [0.15, 0.2) is 0 Å². The van der Waals surface area contributed by atoms with Crippen molar-refractivity contribution in [3.63, 3.8) is 0 Å². The van der Waals surface area contributed by atoms with E-state index in [-0.39, 0.29) is 6.61 Å². The molecule has 3 nitrogen and oxygen atoms in total. The van der Waals surface area contributed by atoms with Crippen LogP contribution < -0.4 is 0 Å². The van der Waals surface area contributed by atoms with Gasteiger partial charge in [0.05, 0.1) is 5.52 Å². The average molecular weight is 240 g/mol. The summed E-state index contributed by atoms with van der Waals surface area (Å²) in [5.41, 5.74) is 3.41. The molecule has 0 fully saturated rings. The van der Waals surface area contributed by atoms with Crippen molar-refractivity contribution in [2.24, 2.45) is 7.05 Å². The van der Waals surface area contributed by atoms with Crippen molar-refractivity contribution in [2.45, 2.75) is 12.8 Å². The summed E-state index contributed by atoms with van der Waals surface area (Å²) < 4.78 is 2.13. The molecular weight excluding hydrogens is 224 g/mol. The first kappa shape index (κ1) is 11.2. The van der Waals surface area contributed by atoms with Gasteiger partial charge in [-0.05, 0) is 30.5 Å². The minimum atomic E-state index is 0.230. The van der Waals surface area contributed by atoms with E-state index in [0.717, 1.165) is 18.5 Å². The van der Waals surface area contributed by atoms with Crippen LogP contribution in [0.3, 0.4) is 0 Å². The molecule has 3 heteroatoms. The predicted molar refractivity (Wildman–Crippen MR) is 73.6 cm³/mol. The smallest absolute Gasteiger partial charge is 0.140 e. The van der Waals surface area contributed by atoms with Crippen LogP contribution in [0.4, 0.5) is 0 Å². The van der Waals surface area contributed by atoms with Crippen LogP contribution in [0.1, 0.15) is 12.0 Å². The third kappa shape index (κ3) is 1.68. The Labute approximate surface area is 106 Å². The molecule has 0 bridgehead atoms. The van der Waals surface area contributed by atoms with E-state index in [2.05, 4.69) is 33.8 Å². The maximum Gasteiger partial charge on any atom is 0.140 e. The van der Waals surface area contributed by atoms with Crippen LogP contribution >= 0.6 is 0 Å². The molecular formula is C15H16N2O. The number of aryl methyl sites for hydroxylation is 2. The highest BCUT2D eigenvalue weighted by atomic mass is 16.2. The van der Waals surface area contributed by atoms with Crippen LogP contribution in [0.2, 0.25) is 0 Å². The number of fused-ring (bicyclic) bond motifs is 3. The van der Waals surface area contributed by atoms with Gasteiger partial charge >= 0.3 is 0 Å². The number of aliphatic hydroxyl groups excluding tert-OH is 1. The van der Waals surface area contributed by atoms with Gasteiger partial charge in [0.25, 0.3) is 0 Å². The molecule has 1 N–H and O–H groups in total. The second-order valence-electron chi connectivity index (χ2n) is 4.62. The van der Waals surface area contributed by atoms with Gasteiger partial charge in [0, 0.05) is 30.6 Å². The Hall–Kier alpha value is -1.87. The Morgan fingerprint density at radius 2 is 2.06 bits per heavy atom. The number of pyridine rings is 1. The first-order valence-corrected chi connectivity index (χ1v) is 6.24. The van der Waals surface area contributed by atoms with E-state index in [0.29, 0.717) is 0 Å². The maximum atomic E-state index is 8.89. The fraction of sp³-hybridized carbons (Fsp3) is 0.267. The van der Waals surface area contributed by atoms with Crippen molar-refractivity contribution in [3.05, 3.63) is 42.1 Å². The number of hydrogen-bond donors (Lipinski definition) is 1. The van der Waals surface area contributed by atoms with Crippen molar-refractivity contribution in [3.8, 4) is 0 Å². The largest absolute Gasteiger partial charge is 0.396 e. The third-order valence-electron chi connectivity index (χ3n) is 3.42. The highest BCUT2D eigenvalue weighted by Gasteiger charge is 2.08. The molecule has 92 valence electrons. The number of para-hydroxylation sites is 1. The van der Waals surface area contributed by atoms with Gasteiger partial charge < -0.3 is 9.67 Å². The maximum absolute atomic E-state index is 8.89. The summed E-state index contributed by atoms with van der Waals surface area (Å²) in [5.74, 6) is 0. The highest BCUT2D eigenvalue weighted by Crippen LogP contribution is 2.27. The predicted octanol–water partition coefficient (Wildman–Crippen LogP) is 2.65. The average Bonchev–Trinajstić information content (AvgIpc) is 2.71. The number of nitrogens with zero attached hydrogens (tertiary/aromatic N) is 2. The van der Waals surface area contributed by atoms with Crippen molar-refractivity contribution in [1.29, 1.82) is 0 Å². The lowest BCUT2D eigenvalue weighted by atomic mass is 10.1. The zero-order valence-electron chi connectivity index (χ0n) is 10.4. The van der Waals surface area contributed by atoms with Crippen LogP contribution in [0.5, 0.6) is 0 Å². The Balaban J connectivity index is 2.23. The second-order valence-corrected chi connectivity index (χ2v) is 4.62. The van der Waals surface area contributed by atoms with E-state index >= 15 is 0 Å². The Kier molecular flexibility index (Phi) is 2.76. The number of aliphatic hydroxyl groups is 1. The third-order valence-corrected chi connectivity index (χ3v) is 3.42. The molecule has 0 radical (unpaired) electrons. The van der Waals surface area contributed by atoms with Crippen molar-refractivity contribution >= 4 is 21.9 Å². The van der Waals surface area contributed by atoms with Gasteiger partial charge in [-0.25, -0.2) is 4.98 Å². The fourth-order valence-corrected chi connectivity index (χ4v) is 2.49. The molecule has 0 amide bonds. The topological polar surface area (TPSA) is 38.0 Å². The normalized spacial score (nSPS) is 11.4. The van der Waals surface area contributed by atoms with Gasteiger partial charge in [0.2, 0.25) is 0 Å². The summed E-state index contributed by atoms with van der Waals surface area (Å²) >= 11 is 0. The van der Waals surface area contributed by atoms with E-state index in [9.17, 15) is 0 Å². The van der Waals surface area contributed by atoms with Crippen molar-refractivity contribution in [2.75, 3.05) is 6.61 Å². The molecule has 2 heterocycles.